The number of para-hydroxylation sites is 1. The summed E-state index contributed by atoms with van der Waals surface area (Å²) in [7, 11) is 0. The Morgan fingerprint density at radius 1 is 1.33 bits per heavy atom. The average molecular weight is 247 g/mol. The van der Waals surface area contributed by atoms with E-state index in [1.54, 1.807) is 12.9 Å². The number of carbonyl (C=O) groups is 1. The molecule has 1 N–H and O–H groups in total. The molecule has 1 rings (SSSR count). The summed E-state index contributed by atoms with van der Waals surface area (Å²) in [5.74, 6) is 1.39. The van der Waals surface area contributed by atoms with Gasteiger partial charge in [0.05, 0.1) is 13.0 Å². The van der Waals surface area contributed by atoms with E-state index in [0.29, 0.717) is 6.61 Å². The molecule has 1 amide bonds. The molecule has 0 aliphatic carbocycles. The quantitative estimate of drug-likeness (QED) is 0.620. The van der Waals surface area contributed by atoms with Crippen LogP contribution in [0.2, 0.25) is 0 Å². The highest BCUT2D eigenvalue weighted by Crippen LogP contribution is 2.16. The fourth-order valence-electron chi connectivity index (χ4n) is 1.58. The summed E-state index contributed by atoms with van der Waals surface area (Å²) in [5, 5.41) is 2.77. The van der Waals surface area contributed by atoms with E-state index in [1.165, 1.54) is 0 Å². The minimum atomic E-state index is -0.275. The summed E-state index contributed by atoms with van der Waals surface area (Å²) in [5.41, 5.74) is 1.82. The zero-order chi connectivity index (χ0) is 13.4. The Labute approximate surface area is 107 Å². The van der Waals surface area contributed by atoms with Crippen molar-refractivity contribution in [3.63, 3.8) is 0 Å². The van der Waals surface area contributed by atoms with Crippen LogP contribution in [0.4, 0.5) is 5.69 Å². The van der Waals surface area contributed by atoms with Crippen molar-refractivity contribution in [3.8, 4) is 0 Å². The predicted octanol–water partition coefficient (Wildman–Crippen LogP) is 2.33. The Morgan fingerprint density at radius 3 is 2.67 bits per heavy atom. The molecular formula is C14H17NO3. The van der Waals surface area contributed by atoms with Gasteiger partial charge in [-0.05, 0) is 25.0 Å². The molecule has 0 bridgehead atoms. The Balaban J connectivity index is 2.67. The molecule has 96 valence electrons. The second-order valence-corrected chi connectivity index (χ2v) is 3.69. The molecule has 1 aromatic carbocycles. The molecule has 0 unspecified atom stereocenters. The third kappa shape index (κ3) is 4.07. The molecule has 0 fully saturated rings. The van der Waals surface area contributed by atoms with Crippen LogP contribution < -0.4 is 5.32 Å². The fourth-order valence-corrected chi connectivity index (χ4v) is 1.58. The van der Waals surface area contributed by atoms with Crippen molar-refractivity contribution in [3.05, 3.63) is 35.6 Å². The van der Waals surface area contributed by atoms with E-state index in [2.05, 4.69) is 5.32 Å². The lowest BCUT2D eigenvalue weighted by Crippen LogP contribution is -2.14. The monoisotopic (exact) mass is 247 g/mol. The highest BCUT2D eigenvalue weighted by Gasteiger charge is 2.09. The summed E-state index contributed by atoms with van der Waals surface area (Å²) < 4.78 is 4.99. The average Bonchev–Trinajstić information content (AvgIpc) is 2.38. The van der Waals surface area contributed by atoms with E-state index in [-0.39, 0.29) is 18.1 Å². The van der Waals surface area contributed by atoms with Crippen molar-refractivity contribution in [2.75, 3.05) is 11.9 Å². The first kappa shape index (κ1) is 14.0. The van der Waals surface area contributed by atoms with Gasteiger partial charge in [0, 0.05) is 5.69 Å². The lowest BCUT2D eigenvalue weighted by Gasteiger charge is -2.10. The summed E-state index contributed by atoms with van der Waals surface area (Å²) in [6.07, 6.45) is 0.744. The molecule has 1 aromatic rings. The second kappa shape index (κ2) is 7.30. The Hall–Kier alpha value is -2.06. The summed E-state index contributed by atoms with van der Waals surface area (Å²) in [4.78, 5) is 22.3. The number of benzene rings is 1. The van der Waals surface area contributed by atoms with Gasteiger partial charge in [0.2, 0.25) is 5.91 Å². The van der Waals surface area contributed by atoms with Gasteiger partial charge in [0.25, 0.3) is 0 Å². The Kier molecular flexibility index (Phi) is 5.68. The van der Waals surface area contributed by atoms with Gasteiger partial charge in [-0.1, -0.05) is 25.1 Å². The first-order chi connectivity index (χ1) is 8.71. The van der Waals surface area contributed by atoms with E-state index in [4.69, 9.17) is 4.74 Å². The van der Waals surface area contributed by atoms with Crippen molar-refractivity contribution in [2.24, 2.45) is 0 Å². The lowest BCUT2D eigenvalue weighted by molar-refractivity contribution is -0.116. The molecule has 0 aliphatic heterocycles. The maximum Gasteiger partial charge on any atom is 0.232 e. The van der Waals surface area contributed by atoms with E-state index in [0.717, 1.165) is 17.7 Å². The molecule has 0 aromatic heterocycles. The van der Waals surface area contributed by atoms with E-state index in [1.807, 2.05) is 31.2 Å². The third-order valence-corrected chi connectivity index (χ3v) is 2.43. The van der Waals surface area contributed by atoms with E-state index >= 15 is 0 Å². The summed E-state index contributed by atoms with van der Waals surface area (Å²) in [6.45, 7) is 4.12. The van der Waals surface area contributed by atoms with Gasteiger partial charge >= 0.3 is 0 Å². The Bertz CT molecular complexity index is 462. The first-order valence-electron chi connectivity index (χ1n) is 5.95. The number of carbonyl (C=O) groups excluding carboxylic acids is 2. The van der Waals surface area contributed by atoms with Gasteiger partial charge in [0.1, 0.15) is 0 Å². The second-order valence-electron chi connectivity index (χ2n) is 3.69. The SMILES string of the molecule is CCOC(=C=O)CC(=O)Nc1ccccc1CC. The molecule has 0 radical (unpaired) electrons. The third-order valence-electron chi connectivity index (χ3n) is 2.43. The number of anilines is 1. The maximum absolute atomic E-state index is 11.7. The zero-order valence-corrected chi connectivity index (χ0v) is 10.7. The van der Waals surface area contributed by atoms with Crippen LogP contribution in [0, 0.1) is 0 Å². The normalized spacial score (nSPS) is 9.44. The van der Waals surface area contributed by atoms with E-state index < -0.39 is 0 Å². The van der Waals surface area contributed by atoms with E-state index in [9.17, 15) is 9.59 Å². The van der Waals surface area contributed by atoms with Crippen molar-refractivity contribution in [1.82, 2.24) is 0 Å². The predicted molar refractivity (Wildman–Crippen MR) is 69.9 cm³/mol. The number of rotatable bonds is 6. The largest absolute Gasteiger partial charge is 0.486 e. The van der Waals surface area contributed by atoms with Crippen LogP contribution in [0.3, 0.4) is 0 Å². The number of aryl methyl sites for hydroxylation is 1. The number of hydrogen-bond acceptors (Lipinski definition) is 3. The zero-order valence-electron chi connectivity index (χ0n) is 10.7. The van der Waals surface area contributed by atoms with Crippen molar-refractivity contribution >= 4 is 17.5 Å². The minimum absolute atomic E-state index is 0.0315. The number of hydrogen-bond donors (Lipinski definition) is 1. The molecule has 0 atom stereocenters. The van der Waals surface area contributed by atoms with Crippen LogP contribution in [0.1, 0.15) is 25.8 Å². The molecular weight excluding hydrogens is 230 g/mol. The van der Waals surface area contributed by atoms with Crippen LogP contribution in [0.15, 0.2) is 30.0 Å². The van der Waals surface area contributed by atoms with Crippen LogP contribution in [-0.2, 0) is 20.7 Å². The molecule has 0 saturated carbocycles. The lowest BCUT2D eigenvalue weighted by atomic mass is 10.1. The highest BCUT2D eigenvalue weighted by molar-refractivity contribution is 5.93. The first-order valence-corrected chi connectivity index (χ1v) is 5.95. The van der Waals surface area contributed by atoms with Crippen LogP contribution in [0.25, 0.3) is 0 Å². The standard InChI is InChI=1S/C14H17NO3/c1-3-11-7-5-6-8-13(11)15-14(17)9-12(10-16)18-4-2/h5-8H,3-4,9H2,1-2H3,(H,15,17). The molecule has 0 saturated heterocycles. The van der Waals surface area contributed by atoms with Gasteiger partial charge in [-0.2, -0.15) is 0 Å². The topological polar surface area (TPSA) is 55.4 Å². The fraction of sp³-hybridized carbons (Fsp3) is 0.357. The van der Waals surface area contributed by atoms with Crippen LogP contribution >= 0.6 is 0 Å². The number of ether oxygens (including phenoxy) is 1. The van der Waals surface area contributed by atoms with Crippen molar-refractivity contribution in [2.45, 2.75) is 26.7 Å². The number of amides is 1. The van der Waals surface area contributed by atoms with Gasteiger partial charge < -0.3 is 10.1 Å². The summed E-state index contributed by atoms with van der Waals surface area (Å²) >= 11 is 0. The molecule has 18 heavy (non-hydrogen) atoms. The van der Waals surface area contributed by atoms with Crippen molar-refractivity contribution in [1.29, 1.82) is 0 Å². The number of nitrogens with one attached hydrogen (secondary N) is 1. The van der Waals surface area contributed by atoms with Gasteiger partial charge in [-0.3, -0.25) is 4.79 Å². The molecule has 0 aliphatic rings. The maximum atomic E-state index is 11.7. The van der Waals surface area contributed by atoms with Gasteiger partial charge in [-0.15, -0.1) is 0 Å². The Morgan fingerprint density at radius 2 is 2.06 bits per heavy atom. The molecule has 0 heterocycles. The van der Waals surface area contributed by atoms with Crippen LogP contribution in [-0.4, -0.2) is 18.5 Å². The highest BCUT2D eigenvalue weighted by atomic mass is 16.5. The minimum Gasteiger partial charge on any atom is -0.486 e. The molecule has 0 spiro atoms. The van der Waals surface area contributed by atoms with Gasteiger partial charge in [-0.25, -0.2) is 4.79 Å². The summed E-state index contributed by atoms with van der Waals surface area (Å²) in [6, 6.07) is 7.57. The van der Waals surface area contributed by atoms with Crippen LogP contribution in [0.5, 0.6) is 0 Å². The molecule has 4 heteroatoms. The van der Waals surface area contributed by atoms with Crippen molar-refractivity contribution < 1.29 is 14.3 Å². The smallest absolute Gasteiger partial charge is 0.232 e. The molecule has 4 nitrogen and oxygen atoms in total. The van der Waals surface area contributed by atoms with Gasteiger partial charge in [0.15, 0.2) is 11.7 Å².